The Hall–Kier alpha value is -3.16. The third-order valence-corrected chi connectivity index (χ3v) is 6.22. The van der Waals surface area contributed by atoms with E-state index in [4.69, 9.17) is 11.6 Å². The van der Waals surface area contributed by atoms with Gasteiger partial charge in [-0.1, -0.05) is 53.7 Å². The number of amides is 2. The standard InChI is InChI=1S/C24H19ClFN3O2S/c25-17-6-10-19(11-7-17)27-23(31)21-14-22(30)29(15-16-4-2-1-3-5-16)24(32-21)28-20-12-8-18(26)9-13-20/h1-13,21H,14-15H2,(H,27,31)/t21-/m1/s1. The normalized spacial score (nSPS) is 17.4. The van der Waals surface area contributed by atoms with E-state index in [1.807, 2.05) is 30.3 Å². The van der Waals surface area contributed by atoms with Crippen LogP contribution in [0.1, 0.15) is 12.0 Å². The fourth-order valence-electron chi connectivity index (χ4n) is 3.14. The second-order valence-corrected chi connectivity index (χ2v) is 8.75. The molecule has 0 saturated carbocycles. The van der Waals surface area contributed by atoms with Crippen molar-refractivity contribution in [3.8, 4) is 0 Å². The molecule has 0 radical (unpaired) electrons. The van der Waals surface area contributed by atoms with Crippen LogP contribution in [0.5, 0.6) is 0 Å². The molecule has 4 rings (SSSR count). The van der Waals surface area contributed by atoms with Crippen LogP contribution in [0.15, 0.2) is 83.9 Å². The molecule has 0 aromatic heterocycles. The molecule has 0 unspecified atom stereocenters. The Morgan fingerprint density at radius 1 is 1.06 bits per heavy atom. The van der Waals surface area contributed by atoms with Gasteiger partial charge in [0.15, 0.2) is 5.17 Å². The van der Waals surface area contributed by atoms with Crippen molar-refractivity contribution >= 4 is 51.7 Å². The lowest BCUT2D eigenvalue weighted by Gasteiger charge is -2.32. The summed E-state index contributed by atoms with van der Waals surface area (Å²) in [6, 6.07) is 22.0. The number of nitrogens with zero attached hydrogens (tertiary/aromatic N) is 2. The van der Waals surface area contributed by atoms with E-state index in [9.17, 15) is 14.0 Å². The minimum atomic E-state index is -0.649. The highest BCUT2D eigenvalue weighted by molar-refractivity contribution is 8.15. The summed E-state index contributed by atoms with van der Waals surface area (Å²) in [5.74, 6) is -0.871. The van der Waals surface area contributed by atoms with E-state index in [2.05, 4.69) is 10.3 Å². The fraction of sp³-hybridized carbons (Fsp3) is 0.125. The molecule has 8 heteroatoms. The smallest absolute Gasteiger partial charge is 0.238 e. The van der Waals surface area contributed by atoms with Gasteiger partial charge in [0, 0.05) is 17.1 Å². The molecule has 1 heterocycles. The molecular weight excluding hydrogens is 449 g/mol. The summed E-state index contributed by atoms with van der Waals surface area (Å²) in [4.78, 5) is 32.0. The number of nitrogens with one attached hydrogen (secondary N) is 1. The second kappa shape index (κ2) is 9.97. The van der Waals surface area contributed by atoms with E-state index in [-0.39, 0.29) is 24.1 Å². The van der Waals surface area contributed by atoms with E-state index in [1.54, 1.807) is 29.2 Å². The van der Waals surface area contributed by atoms with Crippen LogP contribution in [0.25, 0.3) is 0 Å². The van der Waals surface area contributed by atoms with Gasteiger partial charge in [0.05, 0.1) is 12.2 Å². The number of amidine groups is 1. The number of hydrogen-bond acceptors (Lipinski definition) is 4. The molecular formula is C24H19ClFN3O2S. The average molecular weight is 468 g/mol. The minimum Gasteiger partial charge on any atom is -0.325 e. The molecule has 0 spiro atoms. The minimum absolute atomic E-state index is 0.0410. The van der Waals surface area contributed by atoms with Gasteiger partial charge in [-0.15, -0.1) is 0 Å². The molecule has 1 fully saturated rings. The predicted octanol–water partition coefficient (Wildman–Crippen LogP) is 5.64. The lowest BCUT2D eigenvalue weighted by Crippen LogP contribution is -2.44. The zero-order valence-electron chi connectivity index (χ0n) is 16.9. The number of carbonyl (C=O) groups is 2. The van der Waals surface area contributed by atoms with Crippen molar-refractivity contribution in [3.63, 3.8) is 0 Å². The van der Waals surface area contributed by atoms with Crippen molar-refractivity contribution in [1.82, 2.24) is 4.90 Å². The molecule has 2 amide bonds. The summed E-state index contributed by atoms with van der Waals surface area (Å²) in [7, 11) is 0. The first-order valence-corrected chi connectivity index (χ1v) is 11.2. The van der Waals surface area contributed by atoms with Crippen molar-refractivity contribution in [2.75, 3.05) is 5.32 Å². The van der Waals surface area contributed by atoms with Gasteiger partial charge in [-0.25, -0.2) is 9.38 Å². The largest absolute Gasteiger partial charge is 0.325 e. The summed E-state index contributed by atoms with van der Waals surface area (Å²) in [5, 5.41) is 3.13. The first kappa shape index (κ1) is 22.0. The van der Waals surface area contributed by atoms with E-state index >= 15 is 0 Å². The number of anilines is 1. The second-order valence-electron chi connectivity index (χ2n) is 7.14. The predicted molar refractivity (Wildman–Crippen MR) is 127 cm³/mol. The summed E-state index contributed by atoms with van der Waals surface area (Å²) in [6.07, 6.45) is 0.0410. The lowest BCUT2D eigenvalue weighted by atomic mass is 10.2. The van der Waals surface area contributed by atoms with Gasteiger partial charge in [0.1, 0.15) is 11.1 Å². The number of rotatable bonds is 5. The van der Waals surface area contributed by atoms with Gasteiger partial charge in [-0.3, -0.25) is 14.5 Å². The molecule has 5 nitrogen and oxygen atoms in total. The third-order valence-electron chi connectivity index (χ3n) is 4.78. The molecule has 1 atom stereocenters. The quantitative estimate of drug-likeness (QED) is 0.528. The lowest BCUT2D eigenvalue weighted by molar-refractivity contribution is -0.129. The molecule has 1 aliphatic heterocycles. The van der Waals surface area contributed by atoms with Gasteiger partial charge >= 0.3 is 0 Å². The number of carbonyl (C=O) groups excluding carboxylic acids is 2. The fourth-order valence-corrected chi connectivity index (χ4v) is 4.37. The first-order valence-electron chi connectivity index (χ1n) is 9.89. The molecule has 1 N–H and O–H groups in total. The van der Waals surface area contributed by atoms with Crippen LogP contribution in [-0.4, -0.2) is 27.1 Å². The number of aliphatic imine (C=N–C) groups is 1. The Kier molecular flexibility index (Phi) is 6.87. The topological polar surface area (TPSA) is 61.8 Å². The number of hydrogen-bond donors (Lipinski definition) is 1. The van der Waals surface area contributed by atoms with E-state index in [1.165, 1.54) is 36.0 Å². The van der Waals surface area contributed by atoms with E-state index < -0.39 is 5.25 Å². The highest BCUT2D eigenvalue weighted by Gasteiger charge is 2.36. The Bertz CT molecular complexity index is 1140. The van der Waals surface area contributed by atoms with Crippen LogP contribution in [0.4, 0.5) is 15.8 Å². The highest BCUT2D eigenvalue weighted by Crippen LogP contribution is 2.31. The maximum Gasteiger partial charge on any atom is 0.238 e. The van der Waals surface area contributed by atoms with Crippen molar-refractivity contribution in [1.29, 1.82) is 0 Å². The molecule has 162 valence electrons. The SMILES string of the molecule is O=C(Nc1ccc(Cl)cc1)[C@H]1CC(=O)N(Cc2ccccc2)C(=Nc2ccc(F)cc2)S1. The van der Waals surface area contributed by atoms with Crippen molar-refractivity contribution < 1.29 is 14.0 Å². The van der Waals surface area contributed by atoms with Crippen LogP contribution in [0.3, 0.4) is 0 Å². The molecule has 32 heavy (non-hydrogen) atoms. The Labute approximate surface area is 194 Å². The Morgan fingerprint density at radius 2 is 1.75 bits per heavy atom. The number of benzene rings is 3. The van der Waals surface area contributed by atoms with Crippen LogP contribution in [0.2, 0.25) is 5.02 Å². The Morgan fingerprint density at radius 3 is 2.44 bits per heavy atom. The number of halogens is 2. The van der Waals surface area contributed by atoms with Crippen LogP contribution >= 0.6 is 23.4 Å². The molecule has 1 aliphatic rings. The number of thioether (sulfide) groups is 1. The van der Waals surface area contributed by atoms with Crippen LogP contribution in [0, 0.1) is 5.82 Å². The summed E-state index contributed by atoms with van der Waals surface area (Å²) < 4.78 is 13.3. The van der Waals surface area contributed by atoms with Crippen LogP contribution < -0.4 is 5.32 Å². The van der Waals surface area contributed by atoms with Gasteiger partial charge in [-0.05, 0) is 54.1 Å². The van der Waals surface area contributed by atoms with Crippen molar-refractivity contribution in [2.45, 2.75) is 18.2 Å². The van der Waals surface area contributed by atoms with E-state index in [0.717, 1.165) is 5.56 Å². The average Bonchev–Trinajstić information content (AvgIpc) is 2.79. The maximum atomic E-state index is 13.3. The van der Waals surface area contributed by atoms with Gasteiger partial charge in [0.25, 0.3) is 0 Å². The highest BCUT2D eigenvalue weighted by atomic mass is 35.5. The molecule has 1 saturated heterocycles. The van der Waals surface area contributed by atoms with Crippen molar-refractivity contribution in [3.05, 3.63) is 95.3 Å². The molecule has 0 aliphatic carbocycles. The van der Waals surface area contributed by atoms with Crippen molar-refractivity contribution in [2.24, 2.45) is 4.99 Å². The summed E-state index contributed by atoms with van der Waals surface area (Å²) >= 11 is 7.11. The summed E-state index contributed by atoms with van der Waals surface area (Å²) in [6.45, 7) is 0.332. The first-order chi connectivity index (χ1) is 15.5. The summed E-state index contributed by atoms with van der Waals surface area (Å²) in [5.41, 5.74) is 2.03. The van der Waals surface area contributed by atoms with Gasteiger partial charge in [0.2, 0.25) is 11.8 Å². The molecule has 3 aromatic rings. The zero-order valence-corrected chi connectivity index (χ0v) is 18.4. The Balaban J connectivity index is 1.58. The molecule has 3 aromatic carbocycles. The van der Waals surface area contributed by atoms with Gasteiger partial charge in [-0.2, -0.15) is 0 Å². The zero-order chi connectivity index (χ0) is 22.5. The van der Waals surface area contributed by atoms with Gasteiger partial charge < -0.3 is 5.32 Å². The third kappa shape index (κ3) is 5.55. The van der Waals surface area contributed by atoms with E-state index in [0.29, 0.717) is 28.1 Å². The molecule has 0 bridgehead atoms. The maximum absolute atomic E-state index is 13.3. The van der Waals surface area contributed by atoms with Crippen LogP contribution in [-0.2, 0) is 16.1 Å². The monoisotopic (exact) mass is 467 g/mol.